The molecule has 39 heavy (non-hydrogen) atoms. The maximum absolute atomic E-state index is 5.83. The lowest BCUT2D eigenvalue weighted by Gasteiger charge is -2.15. The third kappa shape index (κ3) is 21.7. The SMILES string of the molecule is CC(N)COCC(C)N.CC(N)COCC(C)N.CCC1(COC/C=C/N)C(OC/C=C/N)C1OC/C=C/N. The van der Waals surface area contributed by atoms with Crippen LogP contribution in [-0.2, 0) is 23.7 Å². The molecule has 0 heterocycles. The number of hydrogen-bond donors (Lipinski definition) is 7. The van der Waals surface area contributed by atoms with E-state index in [1.165, 1.54) is 18.6 Å². The van der Waals surface area contributed by atoms with E-state index in [1.54, 1.807) is 18.2 Å². The van der Waals surface area contributed by atoms with E-state index in [2.05, 4.69) is 6.92 Å². The summed E-state index contributed by atoms with van der Waals surface area (Å²) in [6, 6.07) is 0.458. The fourth-order valence-corrected chi connectivity index (χ4v) is 3.27. The van der Waals surface area contributed by atoms with E-state index in [-0.39, 0.29) is 41.8 Å². The van der Waals surface area contributed by atoms with Crippen molar-refractivity contribution in [2.45, 2.75) is 77.4 Å². The molecule has 6 unspecified atom stereocenters. The van der Waals surface area contributed by atoms with Crippen molar-refractivity contribution in [3.05, 3.63) is 36.8 Å². The van der Waals surface area contributed by atoms with Gasteiger partial charge in [0.05, 0.1) is 70.5 Å². The van der Waals surface area contributed by atoms with Crippen molar-refractivity contribution in [3.63, 3.8) is 0 Å². The molecule has 1 rings (SSSR count). The van der Waals surface area contributed by atoms with Gasteiger partial charge in [0.25, 0.3) is 0 Å². The molecule has 0 saturated heterocycles. The van der Waals surface area contributed by atoms with Gasteiger partial charge in [0.2, 0.25) is 0 Å². The van der Waals surface area contributed by atoms with E-state index in [4.69, 9.17) is 63.8 Å². The molecule has 14 N–H and O–H groups in total. The van der Waals surface area contributed by atoms with Gasteiger partial charge in [0, 0.05) is 24.2 Å². The summed E-state index contributed by atoms with van der Waals surface area (Å²) in [6.45, 7) is 14.1. The molecule has 6 atom stereocenters. The van der Waals surface area contributed by atoms with Crippen LogP contribution in [0.25, 0.3) is 0 Å². The average molecular weight is 562 g/mol. The first-order valence-corrected chi connectivity index (χ1v) is 13.6. The maximum atomic E-state index is 5.83. The van der Waals surface area contributed by atoms with Crippen LogP contribution in [0.2, 0.25) is 0 Å². The molecule has 12 nitrogen and oxygen atoms in total. The maximum Gasteiger partial charge on any atom is 0.0952 e. The average Bonchev–Trinajstić information content (AvgIpc) is 3.47. The zero-order valence-corrected chi connectivity index (χ0v) is 24.9. The fraction of sp³-hybridized carbons (Fsp3) is 0.778. The van der Waals surface area contributed by atoms with E-state index >= 15 is 0 Å². The van der Waals surface area contributed by atoms with Crippen molar-refractivity contribution < 1.29 is 23.7 Å². The van der Waals surface area contributed by atoms with Crippen LogP contribution in [0.4, 0.5) is 0 Å². The van der Waals surface area contributed by atoms with Gasteiger partial charge in [-0.1, -0.05) is 6.92 Å². The molecule has 12 heteroatoms. The smallest absolute Gasteiger partial charge is 0.0952 e. The molecule has 0 aromatic carbocycles. The first-order valence-electron chi connectivity index (χ1n) is 13.6. The third-order valence-electron chi connectivity index (χ3n) is 5.22. The molecule has 0 radical (unpaired) electrons. The minimum atomic E-state index is -0.118. The van der Waals surface area contributed by atoms with Gasteiger partial charge >= 0.3 is 0 Å². The highest BCUT2D eigenvalue weighted by Gasteiger charge is 2.66. The lowest BCUT2D eigenvalue weighted by Crippen LogP contribution is -2.27. The lowest BCUT2D eigenvalue weighted by atomic mass is 10.0. The molecule has 1 saturated carbocycles. The minimum Gasteiger partial charge on any atom is -0.405 e. The second-order valence-corrected chi connectivity index (χ2v) is 9.88. The normalized spacial score (nSPS) is 23.6. The second-order valence-electron chi connectivity index (χ2n) is 9.88. The highest BCUT2D eigenvalue weighted by atomic mass is 16.6. The van der Waals surface area contributed by atoms with Crippen LogP contribution in [0.15, 0.2) is 36.8 Å². The van der Waals surface area contributed by atoms with Crippen LogP contribution in [0.1, 0.15) is 41.0 Å². The van der Waals surface area contributed by atoms with Crippen LogP contribution in [0, 0.1) is 5.41 Å². The van der Waals surface area contributed by atoms with Gasteiger partial charge in [-0.05, 0) is 70.9 Å². The first kappa shape index (κ1) is 39.4. The number of rotatable bonds is 19. The van der Waals surface area contributed by atoms with Gasteiger partial charge in [-0.2, -0.15) is 0 Å². The van der Waals surface area contributed by atoms with Crippen LogP contribution < -0.4 is 40.1 Å². The van der Waals surface area contributed by atoms with Gasteiger partial charge in [-0.15, -0.1) is 0 Å². The molecule has 0 aliphatic heterocycles. The Morgan fingerprint density at radius 3 is 1.21 bits per heavy atom. The van der Waals surface area contributed by atoms with Crippen LogP contribution in [-0.4, -0.2) is 89.2 Å². The molecule has 1 aliphatic rings. The first-order chi connectivity index (χ1) is 18.5. The zero-order valence-electron chi connectivity index (χ0n) is 24.9. The standard InChI is InChI=1S/C15H27N3O3.2C6H16N2O/c1-2-15(12-19-9-3-6-16)13(20-10-4-7-17)14(15)21-11-5-8-18;2*1-5(7)3-9-4-6(2)8/h3-8,13-14H,2,9-12,16-18H2,1H3;2*5-6H,3-4,7-8H2,1-2H3/b6-3+,7-4+,8-5+;;. The third-order valence-corrected chi connectivity index (χ3v) is 5.22. The fourth-order valence-electron chi connectivity index (χ4n) is 3.27. The molecular weight excluding hydrogens is 502 g/mol. The number of hydrogen-bond acceptors (Lipinski definition) is 12. The van der Waals surface area contributed by atoms with Crippen molar-refractivity contribution in [2.75, 3.05) is 52.9 Å². The van der Waals surface area contributed by atoms with Gasteiger partial charge in [-0.25, -0.2) is 0 Å². The summed E-state index contributed by atoms with van der Waals surface area (Å²) in [5.41, 5.74) is 37.5. The molecular formula is C27H59N7O5. The van der Waals surface area contributed by atoms with Gasteiger partial charge in [0.15, 0.2) is 0 Å². The molecule has 232 valence electrons. The molecule has 1 fully saturated rings. The van der Waals surface area contributed by atoms with E-state index in [1.807, 2.05) is 27.7 Å². The van der Waals surface area contributed by atoms with Crippen LogP contribution in [0.5, 0.6) is 0 Å². The predicted molar refractivity (Wildman–Crippen MR) is 159 cm³/mol. The number of nitrogens with two attached hydrogens (primary N) is 7. The molecule has 1 aliphatic carbocycles. The van der Waals surface area contributed by atoms with E-state index in [9.17, 15) is 0 Å². The Morgan fingerprint density at radius 1 is 0.590 bits per heavy atom. The summed E-state index contributed by atoms with van der Waals surface area (Å²) < 4.78 is 27.5. The summed E-state index contributed by atoms with van der Waals surface area (Å²) in [5.74, 6) is 0. The summed E-state index contributed by atoms with van der Waals surface area (Å²) in [6.07, 6.45) is 10.7. The Morgan fingerprint density at radius 2 is 0.923 bits per heavy atom. The highest BCUT2D eigenvalue weighted by molar-refractivity contribution is 5.15. The minimum absolute atomic E-state index is 0.00623. The topological polar surface area (TPSA) is 228 Å². The highest BCUT2D eigenvalue weighted by Crippen LogP contribution is 2.53. The molecule has 0 spiro atoms. The molecule has 0 aromatic rings. The monoisotopic (exact) mass is 561 g/mol. The van der Waals surface area contributed by atoms with Crippen molar-refractivity contribution in [3.8, 4) is 0 Å². The van der Waals surface area contributed by atoms with Crippen molar-refractivity contribution in [1.29, 1.82) is 0 Å². The quantitative estimate of drug-likeness (QED) is 0.103. The van der Waals surface area contributed by atoms with Crippen molar-refractivity contribution >= 4 is 0 Å². The Labute approximate surface area is 236 Å². The Balaban J connectivity index is 0. The zero-order chi connectivity index (χ0) is 30.1. The largest absolute Gasteiger partial charge is 0.405 e. The van der Waals surface area contributed by atoms with Crippen molar-refractivity contribution in [1.82, 2.24) is 0 Å². The summed E-state index contributed by atoms with van der Waals surface area (Å²) >= 11 is 0. The van der Waals surface area contributed by atoms with Gasteiger partial charge in [0.1, 0.15) is 0 Å². The van der Waals surface area contributed by atoms with Crippen molar-refractivity contribution in [2.24, 2.45) is 45.6 Å². The van der Waals surface area contributed by atoms with Gasteiger partial charge in [-0.3, -0.25) is 0 Å². The molecule has 0 bridgehead atoms. The molecule has 0 amide bonds. The summed E-state index contributed by atoms with van der Waals surface area (Å²) in [4.78, 5) is 0. The number of ether oxygens (including phenoxy) is 5. The van der Waals surface area contributed by atoms with Crippen LogP contribution >= 0.6 is 0 Å². The summed E-state index contributed by atoms with van der Waals surface area (Å²) in [5, 5.41) is 0. The summed E-state index contributed by atoms with van der Waals surface area (Å²) in [7, 11) is 0. The van der Waals surface area contributed by atoms with Crippen LogP contribution in [0.3, 0.4) is 0 Å². The van der Waals surface area contributed by atoms with E-state index < -0.39 is 0 Å². The van der Waals surface area contributed by atoms with E-state index in [0.717, 1.165) is 6.42 Å². The Kier molecular flexibility index (Phi) is 25.5. The Hall–Kier alpha value is -1.74. The predicted octanol–water partition coefficient (Wildman–Crippen LogP) is -0.00460. The lowest BCUT2D eigenvalue weighted by molar-refractivity contribution is 0.0515. The van der Waals surface area contributed by atoms with Gasteiger partial charge < -0.3 is 63.8 Å². The van der Waals surface area contributed by atoms with E-state index in [0.29, 0.717) is 52.9 Å². The Bertz CT molecular complexity index is 576. The second kappa shape index (κ2) is 25.2. The molecule has 0 aromatic heterocycles.